The van der Waals surface area contributed by atoms with Crippen LogP contribution in [0.5, 0.6) is 0 Å². The third-order valence-electron chi connectivity index (χ3n) is 2.11. The predicted octanol–water partition coefficient (Wildman–Crippen LogP) is 5.38. The molecule has 0 saturated heterocycles. The lowest BCUT2D eigenvalue weighted by molar-refractivity contribution is 0.0233. The van der Waals surface area contributed by atoms with Crippen LogP contribution < -0.4 is 0 Å². The van der Waals surface area contributed by atoms with Gasteiger partial charge in [0.25, 0.3) is 0 Å². The molecule has 0 bridgehead atoms. The Morgan fingerprint density at radius 3 is 1.29 bits per heavy atom. The van der Waals surface area contributed by atoms with Crippen LogP contribution in [0.15, 0.2) is 24.3 Å². The summed E-state index contributed by atoms with van der Waals surface area (Å²) in [5, 5.41) is 0. The number of hydrogen-bond donors (Lipinski definition) is 0. The van der Waals surface area contributed by atoms with E-state index in [1.165, 1.54) is 11.1 Å². The van der Waals surface area contributed by atoms with Gasteiger partial charge in [0.1, 0.15) is 0 Å². The number of allylic oxidation sites excluding steroid dienone is 1. The molecule has 0 amide bonds. The van der Waals surface area contributed by atoms with E-state index in [9.17, 15) is 0 Å². The zero-order valence-corrected chi connectivity index (χ0v) is 13.2. The summed E-state index contributed by atoms with van der Waals surface area (Å²) >= 11 is 0. The number of ether oxygens (including phenoxy) is 1. The van der Waals surface area contributed by atoms with Crippen LogP contribution in [0.4, 0.5) is 0 Å². The van der Waals surface area contributed by atoms with Gasteiger partial charge in [-0.05, 0) is 46.0 Å². The van der Waals surface area contributed by atoms with Gasteiger partial charge >= 0.3 is 0 Å². The van der Waals surface area contributed by atoms with Gasteiger partial charge in [-0.1, -0.05) is 31.9 Å². The van der Waals surface area contributed by atoms with Gasteiger partial charge in [-0.25, -0.2) is 0 Å². The summed E-state index contributed by atoms with van der Waals surface area (Å²) in [5.74, 6) is 0. The summed E-state index contributed by atoms with van der Waals surface area (Å²) < 4.78 is 5.19. The smallest absolute Gasteiger partial charge is 0.0659 e. The first kappa shape index (κ1) is 18.8. The van der Waals surface area contributed by atoms with E-state index in [1.54, 1.807) is 7.11 Å². The summed E-state index contributed by atoms with van der Waals surface area (Å²) in [6.07, 6.45) is 2.07. The van der Waals surface area contributed by atoms with Gasteiger partial charge in [-0.15, -0.1) is 13.2 Å². The number of methoxy groups -OCH3 is 1. The first-order chi connectivity index (χ1) is 7.39. The van der Waals surface area contributed by atoms with Gasteiger partial charge in [-0.3, -0.25) is 0 Å². The molecule has 0 radical (unpaired) electrons. The normalized spacial score (nSPS) is 11.5. The second-order valence-electron chi connectivity index (χ2n) is 6.79. The van der Waals surface area contributed by atoms with E-state index < -0.39 is 0 Å². The molecular weight excluding hydrogens is 208 g/mol. The Hall–Kier alpha value is -0.560. The van der Waals surface area contributed by atoms with E-state index >= 15 is 0 Å². The van der Waals surface area contributed by atoms with Crippen molar-refractivity contribution in [2.45, 2.75) is 66.9 Å². The van der Waals surface area contributed by atoms with Gasteiger partial charge < -0.3 is 4.74 Å². The minimum atomic E-state index is -0.0359. The zero-order valence-electron chi connectivity index (χ0n) is 13.2. The van der Waals surface area contributed by atoms with Crippen LogP contribution in [-0.4, -0.2) is 12.7 Å². The van der Waals surface area contributed by atoms with Crippen LogP contribution in [0.2, 0.25) is 0 Å². The van der Waals surface area contributed by atoms with Gasteiger partial charge in [0.2, 0.25) is 0 Å². The lowest BCUT2D eigenvalue weighted by atomic mass is 9.89. The summed E-state index contributed by atoms with van der Waals surface area (Å²) in [5.41, 5.74) is 2.83. The fraction of sp³-hybridized carbons (Fsp3) is 0.750. The molecule has 0 atom stereocenters. The van der Waals surface area contributed by atoms with Crippen molar-refractivity contribution in [1.82, 2.24) is 0 Å². The SMILES string of the molecule is C=C(C)CC(C)(C)C.C=C(C)CC(C)(C)OC. The topological polar surface area (TPSA) is 9.23 Å². The molecule has 0 aliphatic heterocycles. The van der Waals surface area contributed by atoms with E-state index in [2.05, 4.69) is 54.7 Å². The highest BCUT2D eigenvalue weighted by molar-refractivity contribution is 4.94. The standard InChI is InChI=1S/C8H16O.C8H16/c1-7(2)6-8(3,4)9-5;1-7(2)6-8(3,4)5/h1,6H2,2-5H3;1,6H2,2-5H3. The third-order valence-corrected chi connectivity index (χ3v) is 2.11. The highest BCUT2D eigenvalue weighted by Crippen LogP contribution is 2.22. The van der Waals surface area contributed by atoms with Crippen LogP contribution in [0.3, 0.4) is 0 Å². The van der Waals surface area contributed by atoms with Crippen LogP contribution in [-0.2, 0) is 4.74 Å². The van der Waals surface area contributed by atoms with E-state index in [0.717, 1.165) is 12.8 Å². The van der Waals surface area contributed by atoms with Crippen molar-refractivity contribution < 1.29 is 4.74 Å². The molecule has 0 rings (SSSR count). The molecule has 0 aliphatic carbocycles. The van der Waals surface area contributed by atoms with Crippen molar-refractivity contribution >= 4 is 0 Å². The maximum absolute atomic E-state index is 5.19. The molecule has 0 fully saturated rings. The lowest BCUT2D eigenvalue weighted by Crippen LogP contribution is -2.22. The summed E-state index contributed by atoms with van der Waals surface area (Å²) in [6, 6.07) is 0. The molecule has 0 spiro atoms. The first-order valence-electron chi connectivity index (χ1n) is 6.23. The molecule has 0 heterocycles. The highest BCUT2D eigenvalue weighted by atomic mass is 16.5. The number of hydrogen-bond acceptors (Lipinski definition) is 1. The van der Waals surface area contributed by atoms with Gasteiger partial charge in [0.05, 0.1) is 5.60 Å². The molecule has 17 heavy (non-hydrogen) atoms. The molecule has 0 aliphatic rings. The van der Waals surface area contributed by atoms with Gasteiger partial charge in [0.15, 0.2) is 0 Å². The quantitative estimate of drug-likeness (QED) is 0.600. The molecule has 0 aromatic carbocycles. The average molecular weight is 240 g/mol. The molecule has 0 aromatic heterocycles. The molecule has 1 heteroatoms. The van der Waals surface area contributed by atoms with Crippen LogP contribution in [0.25, 0.3) is 0 Å². The second kappa shape index (κ2) is 7.71. The van der Waals surface area contributed by atoms with E-state index in [-0.39, 0.29) is 5.60 Å². The Morgan fingerprint density at radius 1 is 0.882 bits per heavy atom. The Labute approximate surface area is 109 Å². The zero-order chi connectivity index (χ0) is 14.3. The maximum atomic E-state index is 5.19. The van der Waals surface area contributed by atoms with Crippen molar-refractivity contribution in [3.05, 3.63) is 24.3 Å². The summed E-state index contributed by atoms with van der Waals surface area (Å²) in [4.78, 5) is 0. The first-order valence-corrected chi connectivity index (χ1v) is 6.23. The van der Waals surface area contributed by atoms with E-state index in [4.69, 9.17) is 4.74 Å². The third kappa shape index (κ3) is 18.0. The fourth-order valence-electron chi connectivity index (χ4n) is 1.70. The van der Waals surface area contributed by atoms with Crippen LogP contribution >= 0.6 is 0 Å². The van der Waals surface area contributed by atoms with Gasteiger partial charge in [-0.2, -0.15) is 0 Å². The molecule has 0 aromatic rings. The molecule has 0 saturated carbocycles. The van der Waals surface area contributed by atoms with Crippen molar-refractivity contribution in [2.75, 3.05) is 7.11 Å². The van der Waals surface area contributed by atoms with Crippen LogP contribution in [0, 0.1) is 5.41 Å². The van der Waals surface area contributed by atoms with Crippen molar-refractivity contribution in [3.63, 3.8) is 0 Å². The fourth-order valence-corrected chi connectivity index (χ4v) is 1.70. The van der Waals surface area contributed by atoms with Crippen molar-refractivity contribution in [3.8, 4) is 0 Å². The van der Waals surface area contributed by atoms with Crippen molar-refractivity contribution in [1.29, 1.82) is 0 Å². The monoisotopic (exact) mass is 240 g/mol. The predicted molar refractivity (Wildman–Crippen MR) is 79.4 cm³/mol. The molecule has 1 nitrogen and oxygen atoms in total. The lowest BCUT2D eigenvalue weighted by Gasteiger charge is -2.22. The average Bonchev–Trinajstić information content (AvgIpc) is 1.97. The van der Waals surface area contributed by atoms with Crippen molar-refractivity contribution in [2.24, 2.45) is 5.41 Å². The highest BCUT2D eigenvalue weighted by Gasteiger charge is 2.15. The Morgan fingerprint density at radius 2 is 1.24 bits per heavy atom. The minimum Gasteiger partial charge on any atom is -0.378 e. The van der Waals surface area contributed by atoms with E-state index in [1.807, 2.05) is 6.92 Å². The maximum Gasteiger partial charge on any atom is 0.0659 e. The second-order valence-corrected chi connectivity index (χ2v) is 6.79. The molecule has 0 unspecified atom stereocenters. The largest absolute Gasteiger partial charge is 0.378 e. The minimum absolute atomic E-state index is 0.0359. The Balaban J connectivity index is 0. The Bertz CT molecular complexity index is 241. The molecular formula is C16H32O. The van der Waals surface area contributed by atoms with Crippen LogP contribution in [0.1, 0.15) is 61.3 Å². The number of rotatable bonds is 4. The summed E-state index contributed by atoms with van der Waals surface area (Å²) in [7, 11) is 1.73. The molecule has 0 N–H and O–H groups in total. The van der Waals surface area contributed by atoms with Gasteiger partial charge in [0, 0.05) is 7.11 Å². The summed E-state index contributed by atoms with van der Waals surface area (Å²) in [6.45, 7) is 22.5. The molecule has 102 valence electrons. The van der Waals surface area contributed by atoms with E-state index in [0.29, 0.717) is 5.41 Å². The Kier molecular flexibility index (Phi) is 8.52.